The standard InChI is InChI=1S/C21H16FN5O3S2/c1-12-4-5-13(9-15(12)22)23-17(28)11-26-21(30)27-16-6-8-32-18(16)19(29)25(20(27)24-26)10-14-3-2-7-31-14/h2-9H,10-11H2,1H3,(H,23,28). The van der Waals surface area contributed by atoms with E-state index in [0.717, 1.165) is 9.56 Å². The fourth-order valence-corrected chi connectivity index (χ4v) is 4.96. The number of fused-ring (bicyclic) bond motifs is 3. The molecule has 0 spiro atoms. The van der Waals surface area contributed by atoms with Gasteiger partial charge in [-0.25, -0.2) is 18.3 Å². The molecule has 0 fully saturated rings. The Labute approximate surface area is 187 Å². The molecule has 0 bridgehead atoms. The highest BCUT2D eigenvalue weighted by atomic mass is 32.1. The number of halogens is 1. The number of hydrogen-bond acceptors (Lipinski definition) is 6. The van der Waals surface area contributed by atoms with Gasteiger partial charge in [-0.05, 0) is 47.5 Å². The summed E-state index contributed by atoms with van der Waals surface area (Å²) in [6, 6.07) is 9.82. The number of benzene rings is 1. The molecule has 0 saturated heterocycles. The van der Waals surface area contributed by atoms with Crippen LogP contribution in [0, 0.1) is 12.7 Å². The number of anilines is 1. The minimum Gasteiger partial charge on any atom is -0.324 e. The van der Waals surface area contributed by atoms with E-state index in [4.69, 9.17) is 0 Å². The zero-order valence-electron chi connectivity index (χ0n) is 16.7. The Kier molecular flexibility index (Phi) is 4.98. The minimum atomic E-state index is -0.535. The summed E-state index contributed by atoms with van der Waals surface area (Å²) in [5.74, 6) is -0.814. The van der Waals surface area contributed by atoms with Gasteiger partial charge in [-0.2, -0.15) is 0 Å². The number of nitrogens with zero attached hydrogens (tertiary/aromatic N) is 4. The molecule has 0 atom stereocenters. The van der Waals surface area contributed by atoms with Crippen LogP contribution in [-0.2, 0) is 17.9 Å². The van der Waals surface area contributed by atoms with Crippen molar-refractivity contribution in [2.45, 2.75) is 20.0 Å². The van der Waals surface area contributed by atoms with Crippen molar-refractivity contribution in [3.63, 3.8) is 0 Å². The van der Waals surface area contributed by atoms with E-state index in [2.05, 4.69) is 10.4 Å². The van der Waals surface area contributed by atoms with Gasteiger partial charge in [0.2, 0.25) is 11.7 Å². The number of rotatable bonds is 5. The van der Waals surface area contributed by atoms with Gasteiger partial charge in [-0.1, -0.05) is 12.1 Å². The van der Waals surface area contributed by atoms with Crippen molar-refractivity contribution in [2.75, 3.05) is 5.32 Å². The first-order chi connectivity index (χ1) is 15.4. The molecule has 162 valence electrons. The van der Waals surface area contributed by atoms with Gasteiger partial charge in [0.1, 0.15) is 17.1 Å². The third kappa shape index (κ3) is 3.45. The number of carbonyl (C=O) groups is 1. The van der Waals surface area contributed by atoms with Gasteiger partial charge in [-0.3, -0.25) is 14.2 Å². The topological polar surface area (TPSA) is 90.4 Å². The Morgan fingerprint density at radius 1 is 1.16 bits per heavy atom. The largest absolute Gasteiger partial charge is 0.352 e. The number of aromatic nitrogens is 4. The average Bonchev–Trinajstić information content (AvgIpc) is 3.49. The van der Waals surface area contributed by atoms with Crippen LogP contribution in [-0.4, -0.2) is 24.7 Å². The van der Waals surface area contributed by atoms with Crippen LogP contribution in [0.25, 0.3) is 16.0 Å². The molecule has 1 N–H and O–H groups in total. The maximum absolute atomic E-state index is 13.8. The molecule has 0 aliphatic heterocycles. The van der Waals surface area contributed by atoms with E-state index in [0.29, 0.717) is 15.8 Å². The first-order valence-electron chi connectivity index (χ1n) is 9.60. The Bertz CT molecular complexity index is 1590. The normalized spacial score (nSPS) is 11.4. The third-order valence-electron chi connectivity index (χ3n) is 5.03. The lowest BCUT2D eigenvalue weighted by Crippen LogP contribution is -2.29. The van der Waals surface area contributed by atoms with Crippen LogP contribution in [0.4, 0.5) is 10.1 Å². The second-order valence-corrected chi connectivity index (χ2v) is 9.14. The molecule has 8 nitrogen and oxygen atoms in total. The van der Waals surface area contributed by atoms with Crippen molar-refractivity contribution in [1.29, 1.82) is 0 Å². The molecule has 5 rings (SSSR count). The lowest BCUT2D eigenvalue weighted by molar-refractivity contribution is -0.117. The van der Waals surface area contributed by atoms with Crippen LogP contribution in [0.15, 0.2) is 56.7 Å². The Morgan fingerprint density at radius 3 is 2.75 bits per heavy atom. The predicted octanol–water partition coefficient (Wildman–Crippen LogP) is 3.07. The number of hydrogen-bond donors (Lipinski definition) is 1. The summed E-state index contributed by atoms with van der Waals surface area (Å²) in [6.45, 7) is 1.51. The molecule has 11 heteroatoms. The highest BCUT2D eigenvalue weighted by Gasteiger charge is 2.20. The van der Waals surface area contributed by atoms with E-state index in [-0.39, 0.29) is 30.1 Å². The van der Waals surface area contributed by atoms with E-state index in [1.165, 1.54) is 37.7 Å². The smallest absolute Gasteiger partial charge is 0.324 e. The molecular weight excluding hydrogens is 453 g/mol. The van der Waals surface area contributed by atoms with E-state index in [9.17, 15) is 18.8 Å². The van der Waals surface area contributed by atoms with Crippen molar-refractivity contribution in [3.8, 4) is 0 Å². The fraction of sp³-hybridized carbons (Fsp3) is 0.143. The van der Waals surface area contributed by atoms with E-state index >= 15 is 0 Å². The average molecular weight is 470 g/mol. The fourth-order valence-electron chi connectivity index (χ4n) is 3.44. The molecule has 0 unspecified atom stereocenters. The summed E-state index contributed by atoms with van der Waals surface area (Å²) in [7, 11) is 0. The van der Waals surface area contributed by atoms with Crippen molar-refractivity contribution in [1.82, 2.24) is 18.7 Å². The first-order valence-corrected chi connectivity index (χ1v) is 11.4. The summed E-state index contributed by atoms with van der Waals surface area (Å²) in [6.07, 6.45) is 0. The van der Waals surface area contributed by atoms with Crippen LogP contribution in [0.2, 0.25) is 0 Å². The van der Waals surface area contributed by atoms with Crippen LogP contribution >= 0.6 is 22.7 Å². The zero-order valence-corrected chi connectivity index (χ0v) is 18.4. The van der Waals surface area contributed by atoms with Crippen molar-refractivity contribution < 1.29 is 9.18 Å². The van der Waals surface area contributed by atoms with Gasteiger partial charge in [-0.15, -0.1) is 27.8 Å². The number of thiophene rings is 2. The third-order valence-corrected chi connectivity index (χ3v) is 6.78. The predicted molar refractivity (Wildman–Crippen MR) is 122 cm³/mol. The minimum absolute atomic E-state index is 0.161. The Hall–Kier alpha value is -3.57. The molecule has 32 heavy (non-hydrogen) atoms. The summed E-state index contributed by atoms with van der Waals surface area (Å²) in [4.78, 5) is 39.6. The van der Waals surface area contributed by atoms with Crippen molar-refractivity contribution in [2.24, 2.45) is 0 Å². The van der Waals surface area contributed by atoms with E-state index < -0.39 is 17.4 Å². The zero-order chi connectivity index (χ0) is 22.4. The van der Waals surface area contributed by atoms with Crippen LogP contribution in [0.1, 0.15) is 10.4 Å². The quantitative estimate of drug-likeness (QED) is 0.428. The lowest BCUT2D eigenvalue weighted by atomic mass is 10.2. The number of nitrogens with one attached hydrogen (secondary N) is 1. The van der Waals surface area contributed by atoms with Gasteiger partial charge < -0.3 is 5.32 Å². The summed E-state index contributed by atoms with van der Waals surface area (Å²) >= 11 is 2.74. The first kappa shape index (κ1) is 20.3. The van der Waals surface area contributed by atoms with E-state index in [1.54, 1.807) is 30.5 Å². The molecule has 4 heterocycles. The molecule has 0 aliphatic carbocycles. The molecule has 0 radical (unpaired) electrons. The van der Waals surface area contributed by atoms with E-state index in [1.807, 2.05) is 17.5 Å². The molecule has 1 amide bonds. The molecule has 0 saturated carbocycles. The molecular formula is C21H16FN5O3S2. The highest BCUT2D eigenvalue weighted by Crippen LogP contribution is 2.19. The summed E-state index contributed by atoms with van der Waals surface area (Å²) in [5.41, 5.74) is 0.420. The van der Waals surface area contributed by atoms with Crippen LogP contribution < -0.4 is 16.6 Å². The van der Waals surface area contributed by atoms with Gasteiger partial charge in [0, 0.05) is 10.6 Å². The second kappa shape index (κ2) is 7.84. The number of amides is 1. The summed E-state index contributed by atoms with van der Waals surface area (Å²) in [5, 5.41) is 10.5. The van der Waals surface area contributed by atoms with Crippen molar-refractivity contribution >= 4 is 50.3 Å². The lowest BCUT2D eigenvalue weighted by Gasteiger charge is -2.06. The van der Waals surface area contributed by atoms with Gasteiger partial charge >= 0.3 is 5.69 Å². The number of aryl methyl sites for hydroxylation is 1. The second-order valence-electron chi connectivity index (χ2n) is 7.19. The van der Waals surface area contributed by atoms with Crippen LogP contribution in [0.5, 0.6) is 0 Å². The monoisotopic (exact) mass is 469 g/mol. The highest BCUT2D eigenvalue weighted by molar-refractivity contribution is 7.17. The SMILES string of the molecule is Cc1ccc(NC(=O)Cn2nc3n(Cc4cccs4)c(=O)c4sccc4n3c2=O)cc1F. The molecule has 1 aromatic carbocycles. The maximum atomic E-state index is 13.8. The number of carbonyl (C=O) groups excluding carboxylic acids is 1. The van der Waals surface area contributed by atoms with Gasteiger partial charge in [0.15, 0.2) is 0 Å². The Morgan fingerprint density at radius 2 is 2.00 bits per heavy atom. The molecule has 4 aromatic heterocycles. The molecule has 0 aliphatic rings. The van der Waals surface area contributed by atoms with Crippen LogP contribution in [0.3, 0.4) is 0 Å². The van der Waals surface area contributed by atoms with Crippen molar-refractivity contribution in [3.05, 3.63) is 84.3 Å². The summed E-state index contributed by atoms with van der Waals surface area (Å²) < 4.78 is 18.0. The van der Waals surface area contributed by atoms with Gasteiger partial charge in [0.05, 0.1) is 12.1 Å². The maximum Gasteiger partial charge on any atom is 0.352 e. The van der Waals surface area contributed by atoms with Gasteiger partial charge in [0.25, 0.3) is 5.56 Å². The molecule has 5 aromatic rings. The Balaban J connectivity index is 1.56.